The second kappa shape index (κ2) is 10.2. The molecule has 0 aliphatic carbocycles. The Morgan fingerprint density at radius 3 is 2.50 bits per heavy atom. The Morgan fingerprint density at radius 2 is 1.80 bits per heavy atom. The lowest BCUT2D eigenvalue weighted by molar-refractivity contribution is 0.437. The van der Waals surface area contributed by atoms with E-state index in [1.54, 1.807) is 6.07 Å². The first-order chi connectivity index (χ1) is 9.69. The Kier molecular flexibility index (Phi) is 8.95. The van der Waals surface area contributed by atoms with E-state index in [0.29, 0.717) is 5.75 Å². The van der Waals surface area contributed by atoms with Crippen LogP contribution in [0.1, 0.15) is 70.4 Å². The van der Waals surface area contributed by atoms with Crippen LogP contribution in [0.15, 0.2) is 22.7 Å². The van der Waals surface area contributed by atoms with Gasteiger partial charge in [0.2, 0.25) is 0 Å². The van der Waals surface area contributed by atoms with E-state index >= 15 is 0 Å². The number of rotatable bonds is 10. The topological polar surface area (TPSA) is 32.3 Å². The van der Waals surface area contributed by atoms with E-state index in [-0.39, 0.29) is 6.04 Å². The standard InChI is InChI=1S/C17H28BrNO/c1-3-5-6-7-8-9-12-19-16(4-2)15-13-14(18)10-11-17(15)20/h10-11,13,16,19-20H,3-9,12H2,1-2H3. The number of nitrogens with one attached hydrogen (secondary N) is 1. The fourth-order valence-electron chi connectivity index (χ4n) is 2.46. The summed E-state index contributed by atoms with van der Waals surface area (Å²) in [7, 11) is 0. The van der Waals surface area contributed by atoms with E-state index in [2.05, 4.69) is 35.1 Å². The number of benzene rings is 1. The molecule has 0 aliphatic rings. The van der Waals surface area contributed by atoms with Gasteiger partial charge < -0.3 is 10.4 Å². The molecule has 3 heteroatoms. The summed E-state index contributed by atoms with van der Waals surface area (Å²) in [5.74, 6) is 0.385. The highest BCUT2D eigenvalue weighted by Crippen LogP contribution is 2.29. The molecule has 0 aromatic heterocycles. The lowest BCUT2D eigenvalue weighted by Gasteiger charge is -2.19. The van der Waals surface area contributed by atoms with Crippen molar-refractivity contribution in [2.45, 2.75) is 64.8 Å². The summed E-state index contributed by atoms with van der Waals surface area (Å²) in [5, 5.41) is 13.5. The Bertz CT molecular complexity index is 381. The zero-order chi connectivity index (χ0) is 14.8. The van der Waals surface area contributed by atoms with E-state index in [4.69, 9.17) is 0 Å². The van der Waals surface area contributed by atoms with Gasteiger partial charge in [0.1, 0.15) is 5.75 Å². The first kappa shape index (κ1) is 17.5. The van der Waals surface area contributed by atoms with E-state index in [1.807, 2.05) is 12.1 Å². The Morgan fingerprint density at radius 1 is 1.10 bits per heavy atom. The molecule has 0 saturated carbocycles. The maximum Gasteiger partial charge on any atom is 0.120 e. The third-order valence-electron chi connectivity index (χ3n) is 3.69. The fraction of sp³-hybridized carbons (Fsp3) is 0.647. The van der Waals surface area contributed by atoms with Crippen molar-refractivity contribution < 1.29 is 5.11 Å². The molecule has 2 nitrogen and oxygen atoms in total. The highest BCUT2D eigenvalue weighted by molar-refractivity contribution is 9.10. The number of hydrogen-bond acceptors (Lipinski definition) is 2. The molecule has 0 bridgehead atoms. The number of halogens is 1. The van der Waals surface area contributed by atoms with Gasteiger partial charge in [-0.2, -0.15) is 0 Å². The molecule has 1 unspecified atom stereocenters. The smallest absolute Gasteiger partial charge is 0.120 e. The molecular weight excluding hydrogens is 314 g/mol. The molecule has 1 atom stereocenters. The zero-order valence-corrected chi connectivity index (χ0v) is 14.4. The van der Waals surface area contributed by atoms with Gasteiger partial charge in [0, 0.05) is 16.1 Å². The van der Waals surface area contributed by atoms with Crippen molar-refractivity contribution in [2.75, 3.05) is 6.54 Å². The predicted molar refractivity (Wildman–Crippen MR) is 90.2 cm³/mol. The quantitative estimate of drug-likeness (QED) is 0.546. The monoisotopic (exact) mass is 341 g/mol. The van der Waals surface area contributed by atoms with Crippen LogP contribution in [0.5, 0.6) is 5.75 Å². The molecule has 0 fully saturated rings. The molecule has 20 heavy (non-hydrogen) atoms. The van der Waals surface area contributed by atoms with Crippen molar-refractivity contribution in [1.29, 1.82) is 0 Å². The summed E-state index contributed by atoms with van der Waals surface area (Å²) in [6.45, 7) is 5.42. The fourth-order valence-corrected chi connectivity index (χ4v) is 2.84. The van der Waals surface area contributed by atoms with Crippen LogP contribution in [0.3, 0.4) is 0 Å². The molecule has 1 aromatic rings. The van der Waals surface area contributed by atoms with Crippen LogP contribution in [-0.4, -0.2) is 11.7 Å². The minimum absolute atomic E-state index is 0.239. The first-order valence-corrected chi connectivity index (χ1v) is 8.70. The van der Waals surface area contributed by atoms with Crippen LogP contribution in [0, 0.1) is 0 Å². The average Bonchev–Trinajstić information content (AvgIpc) is 2.45. The van der Waals surface area contributed by atoms with Gasteiger partial charge in [-0.15, -0.1) is 0 Å². The maximum absolute atomic E-state index is 9.98. The lowest BCUT2D eigenvalue weighted by Crippen LogP contribution is -2.22. The van der Waals surface area contributed by atoms with Crippen molar-refractivity contribution in [3.8, 4) is 5.75 Å². The number of phenolic OH excluding ortho intramolecular Hbond substituents is 1. The highest BCUT2D eigenvalue weighted by atomic mass is 79.9. The molecule has 0 amide bonds. The summed E-state index contributed by atoms with van der Waals surface area (Å²) in [4.78, 5) is 0. The van der Waals surface area contributed by atoms with Crippen LogP contribution in [-0.2, 0) is 0 Å². The van der Waals surface area contributed by atoms with Crippen LogP contribution < -0.4 is 5.32 Å². The van der Waals surface area contributed by atoms with E-state index in [0.717, 1.165) is 23.0 Å². The maximum atomic E-state index is 9.98. The van der Waals surface area contributed by atoms with E-state index in [9.17, 15) is 5.11 Å². The average molecular weight is 342 g/mol. The van der Waals surface area contributed by atoms with Gasteiger partial charge in [0.05, 0.1) is 0 Å². The van der Waals surface area contributed by atoms with Crippen molar-refractivity contribution in [2.24, 2.45) is 0 Å². The van der Waals surface area contributed by atoms with Gasteiger partial charge in [-0.25, -0.2) is 0 Å². The van der Waals surface area contributed by atoms with Gasteiger partial charge in [-0.05, 0) is 37.6 Å². The summed E-state index contributed by atoms with van der Waals surface area (Å²) < 4.78 is 1.02. The summed E-state index contributed by atoms with van der Waals surface area (Å²) >= 11 is 3.47. The first-order valence-electron chi connectivity index (χ1n) is 7.90. The third kappa shape index (κ3) is 6.27. The largest absolute Gasteiger partial charge is 0.508 e. The molecule has 1 aromatic carbocycles. The van der Waals surface area contributed by atoms with Crippen LogP contribution in [0.2, 0.25) is 0 Å². The van der Waals surface area contributed by atoms with Gasteiger partial charge in [0.25, 0.3) is 0 Å². The second-order valence-corrected chi connectivity index (χ2v) is 6.30. The number of unbranched alkanes of at least 4 members (excludes halogenated alkanes) is 5. The third-order valence-corrected chi connectivity index (χ3v) is 4.19. The van der Waals surface area contributed by atoms with Crippen molar-refractivity contribution in [3.05, 3.63) is 28.2 Å². The SMILES string of the molecule is CCCCCCCCNC(CC)c1cc(Br)ccc1O. The summed E-state index contributed by atoms with van der Waals surface area (Å²) in [5.41, 5.74) is 0.993. The Hall–Kier alpha value is -0.540. The van der Waals surface area contributed by atoms with Crippen molar-refractivity contribution in [3.63, 3.8) is 0 Å². The molecule has 0 spiro atoms. The second-order valence-electron chi connectivity index (χ2n) is 5.39. The molecule has 0 radical (unpaired) electrons. The summed E-state index contributed by atoms with van der Waals surface area (Å²) in [6, 6.07) is 5.88. The molecule has 2 N–H and O–H groups in total. The molecule has 0 saturated heterocycles. The normalized spacial score (nSPS) is 12.6. The van der Waals surface area contributed by atoms with E-state index in [1.165, 1.54) is 38.5 Å². The summed E-state index contributed by atoms with van der Waals surface area (Å²) in [6.07, 6.45) is 8.87. The van der Waals surface area contributed by atoms with Crippen molar-refractivity contribution >= 4 is 15.9 Å². The van der Waals surface area contributed by atoms with Crippen molar-refractivity contribution in [1.82, 2.24) is 5.32 Å². The number of hydrogen-bond donors (Lipinski definition) is 2. The minimum Gasteiger partial charge on any atom is -0.508 e. The molecule has 1 rings (SSSR count). The Labute approximate surface area is 132 Å². The van der Waals surface area contributed by atoms with Gasteiger partial charge in [0.15, 0.2) is 0 Å². The highest BCUT2D eigenvalue weighted by Gasteiger charge is 2.13. The Balaban J connectivity index is 2.34. The zero-order valence-electron chi connectivity index (χ0n) is 12.8. The molecule has 0 aliphatic heterocycles. The molecule has 0 heterocycles. The van der Waals surface area contributed by atoms with Crippen LogP contribution in [0.4, 0.5) is 0 Å². The van der Waals surface area contributed by atoms with Gasteiger partial charge in [-0.3, -0.25) is 0 Å². The minimum atomic E-state index is 0.239. The lowest BCUT2D eigenvalue weighted by atomic mass is 10.0. The number of aromatic hydroxyl groups is 1. The van der Waals surface area contributed by atoms with Crippen LogP contribution in [0.25, 0.3) is 0 Å². The molecular formula is C17H28BrNO. The van der Waals surface area contributed by atoms with Crippen LogP contribution >= 0.6 is 15.9 Å². The van der Waals surface area contributed by atoms with E-state index < -0.39 is 0 Å². The number of phenols is 1. The van der Waals surface area contributed by atoms with Gasteiger partial charge in [-0.1, -0.05) is 61.9 Å². The van der Waals surface area contributed by atoms with Gasteiger partial charge >= 0.3 is 0 Å². The molecule has 114 valence electrons. The predicted octanol–water partition coefficient (Wildman–Crippen LogP) is 5.56.